The summed E-state index contributed by atoms with van der Waals surface area (Å²) < 4.78 is 1.68. The van der Waals surface area contributed by atoms with Crippen LogP contribution in [0.3, 0.4) is 0 Å². The number of halogens is 1. The van der Waals surface area contributed by atoms with E-state index in [1.54, 1.807) is 10.9 Å². The van der Waals surface area contributed by atoms with Crippen molar-refractivity contribution in [3.63, 3.8) is 0 Å². The van der Waals surface area contributed by atoms with E-state index in [4.69, 9.17) is 11.6 Å². The van der Waals surface area contributed by atoms with Crippen molar-refractivity contribution < 1.29 is 0 Å². The van der Waals surface area contributed by atoms with Crippen molar-refractivity contribution in [1.82, 2.24) is 14.9 Å². The van der Waals surface area contributed by atoms with Crippen LogP contribution in [0.25, 0.3) is 10.9 Å². The fourth-order valence-corrected chi connectivity index (χ4v) is 2.77. The summed E-state index contributed by atoms with van der Waals surface area (Å²) >= 11 is 5.87. The fraction of sp³-hybridized carbons (Fsp3) is 0.263. The molecule has 1 N–H and O–H groups in total. The maximum absolute atomic E-state index is 12.4. The minimum Gasteiger partial charge on any atom is -0.316 e. The van der Waals surface area contributed by atoms with Gasteiger partial charge in [0.1, 0.15) is 0 Å². The number of fused-ring (bicyclic) bond motifs is 1. The second kappa shape index (κ2) is 8.08. The van der Waals surface area contributed by atoms with Gasteiger partial charge in [-0.2, -0.15) is 0 Å². The third kappa shape index (κ3) is 4.22. The van der Waals surface area contributed by atoms with Gasteiger partial charge in [-0.3, -0.25) is 9.36 Å². The quantitative estimate of drug-likeness (QED) is 0.671. The highest BCUT2D eigenvalue weighted by molar-refractivity contribution is 6.30. The lowest BCUT2D eigenvalue weighted by Gasteiger charge is -2.08. The first kappa shape index (κ1) is 16.7. The molecular weight excluding hydrogens is 322 g/mol. The normalized spacial score (nSPS) is 11.0. The summed E-state index contributed by atoms with van der Waals surface area (Å²) in [5.74, 6) is 0. The summed E-state index contributed by atoms with van der Waals surface area (Å²) in [4.78, 5) is 16.7. The Morgan fingerprint density at radius 3 is 2.67 bits per heavy atom. The van der Waals surface area contributed by atoms with Crippen molar-refractivity contribution in [2.45, 2.75) is 19.4 Å². The zero-order chi connectivity index (χ0) is 16.8. The van der Waals surface area contributed by atoms with Gasteiger partial charge in [0.25, 0.3) is 5.56 Å². The van der Waals surface area contributed by atoms with Crippen LogP contribution in [0.5, 0.6) is 0 Å². The van der Waals surface area contributed by atoms with E-state index in [9.17, 15) is 4.79 Å². The summed E-state index contributed by atoms with van der Waals surface area (Å²) in [6, 6.07) is 15.4. The number of nitrogens with one attached hydrogen (secondary N) is 1. The molecule has 0 unspecified atom stereocenters. The van der Waals surface area contributed by atoms with E-state index >= 15 is 0 Å². The number of benzene rings is 2. The van der Waals surface area contributed by atoms with Gasteiger partial charge < -0.3 is 5.32 Å². The fourth-order valence-electron chi connectivity index (χ4n) is 2.65. The molecule has 0 amide bonds. The van der Waals surface area contributed by atoms with Gasteiger partial charge in [0, 0.05) is 11.6 Å². The minimum absolute atomic E-state index is 0.0294. The van der Waals surface area contributed by atoms with E-state index in [2.05, 4.69) is 10.3 Å². The molecule has 0 radical (unpaired) electrons. The summed E-state index contributed by atoms with van der Waals surface area (Å²) in [5.41, 5.74) is 2.04. The van der Waals surface area contributed by atoms with Crippen molar-refractivity contribution in [3.05, 3.63) is 75.8 Å². The summed E-state index contributed by atoms with van der Waals surface area (Å²) in [6.45, 7) is 2.45. The molecule has 2 aromatic carbocycles. The Morgan fingerprint density at radius 1 is 1.04 bits per heavy atom. The molecule has 1 aromatic heterocycles. The first-order valence-electron chi connectivity index (χ1n) is 8.13. The summed E-state index contributed by atoms with van der Waals surface area (Å²) in [6.07, 6.45) is 3.49. The van der Waals surface area contributed by atoms with E-state index < -0.39 is 0 Å². The molecule has 0 saturated heterocycles. The number of aryl methyl sites for hydroxylation is 1. The van der Waals surface area contributed by atoms with Crippen molar-refractivity contribution in [2.75, 3.05) is 13.1 Å². The third-order valence-corrected chi connectivity index (χ3v) is 4.24. The molecule has 1 heterocycles. The van der Waals surface area contributed by atoms with Crippen LogP contribution in [0.1, 0.15) is 12.0 Å². The molecule has 3 aromatic rings. The Hall–Kier alpha value is -2.17. The largest absolute Gasteiger partial charge is 0.316 e. The molecule has 0 aliphatic heterocycles. The number of nitrogens with zero attached hydrogens (tertiary/aromatic N) is 2. The average Bonchev–Trinajstić information content (AvgIpc) is 2.61. The predicted octanol–water partition coefficient (Wildman–Crippen LogP) is 3.27. The average molecular weight is 342 g/mol. The van der Waals surface area contributed by atoms with Crippen molar-refractivity contribution >= 4 is 22.5 Å². The van der Waals surface area contributed by atoms with Gasteiger partial charge in [-0.15, -0.1) is 0 Å². The monoisotopic (exact) mass is 341 g/mol. The molecule has 0 spiro atoms. The first-order chi connectivity index (χ1) is 11.7. The molecule has 3 rings (SSSR count). The molecule has 4 nitrogen and oxygen atoms in total. The van der Waals surface area contributed by atoms with Crippen LogP contribution in [0, 0.1) is 0 Å². The molecule has 0 saturated carbocycles. The zero-order valence-electron chi connectivity index (χ0n) is 13.4. The van der Waals surface area contributed by atoms with Gasteiger partial charge in [0.05, 0.1) is 17.2 Å². The van der Waals surface area contributed by atoms with Crippen LogP contribution in [-0.4, -0.2) is 22.6 Å². The van der Waals surface area contributed by atoms with Crippen molar-refractivity contribution in [3.8, 4) is 0 Å². The van der Waals surface area contributed by atoms with Gasteiger partial charge in [0.2, 0.25) is 0 Å². The maximum Gasteiger partial charge on any atom is 0.261 e. The van der Waals surface area contributed by atoms with Gasteiger partial charge >= 0.3 is 0 Å². The lowest BCUT2D eigenvalue weighted by atomic mass is 10.1. The Labute approximate surface area is 146 Å². The highest BCUT2D eigenvalue weighted by Gasteiger charge is 2.02. The topological polar surface area (TPSA) is 46.9 Å². The Bertz CT molecular complexity index is 858. The lowest BCUT2D eigenvalue weighted by molar-refractivity contribution is 0.569. The van der Waals surface area contributed by atoms with Gasteiger partial charge in [-0.25, -0.2) is 4.98 Å². The lowest BCUT2D eigenvalue weighted by Crippen LogP contribution is -2.24. The van der Waals surface area contributed by atoms with Gasteiger partial charge in [-0.05, 0) is 55.8 Å². The summed E-state index contributed by atoms with van der Waals surface area (Å²) in [7, 11) is 0. The van der Waals surface area contributed by atoms with Crippen LogP contribution < -0.4 is 10.9 Å². The van der Waals surface area contributed by atoms with Crippen LogP contribution in [0.2, 0.25) is 5.02 Å². The van der Waals surface area contributed by atoms with E-state index in [1.807, 2.05) is 48.5 Å². The molecule has 124 valence electrons. The number of hydrogen-bond donors (Lipinski definition) is 1. The van der Waals surface area contributed by atoms with Gasteiger partial charge in [0.15, 0.2) is 0 Å². The van der Waals surface area contributed by atoms with Crippen LogP contribution in [0.4, 0.5) is 0 Å². The number of aromatic nitrogens is 2. The van der Waals surface area contributed by atoms with Crippen LogP contribution in [0.15, 0.2) is 59.7 Å². The minimum atomic E-state index is 0.0294. The third-order valence-electron chi connectivity index (χ3n) is 3.99. The molecular formula is C19H20ClN3O. The van der Waals surface area contributed by atoms with Gasteiger partial charge in [-0.1, -0.05) is 35.9 Å². The van der Waals surface area contributed by atoms with E-state index in [-0.39, 0.29) is 5.56 Å². The second-order valence-corrected chi connectivity index (χ2v) is 6.18. The Balaban J connectivity index is 1.44. The molecule has 0 fully saturated rings. The number of hydrogen-bond acceptors (Lipinski definition) is 3. The smallest absolute Gasteiger partial charge is 0.261 e. The van der Waals surface area contributed by atoms with E-state index in [0.717, 1.165) is 36.5 Å². The molecule has 0 bridgehead atoms. The highest BCUT2D eigenvalue weighted by atomic mass is 35.5. The molecule has 5 heteroatoms. The zero-order valence-corrected chi connectivity index (χ0v) is 14.2. The molecule has 0 aliphatic rings. The predicted molar refractivity (Wildman–Crippen MR) is 98.6 cm³/mol. The molecule has 0 atom stereocenters. The second-order valence-electron chi connectivity index (χ2n) is 5.74. The van der Waals surface area contributed by atoms with Crippen molar-refractivity contribution in [1.29, 1.82) is 0 Å². The van der Waals surface area contributed by atoms with Crippen LogP contribution in [-0.2, 0) is 13.0 Å². The van der Waals surface area contributed by atoms with Crippen LogP contribution >= 0.6 is 11.6 Å². The van der Waals surface area contributed by atoms with Crippen molar-refractivity contribution in [2.24, 2.45) is 0 Å². The Kier molecular flexibility index (Phi) is 5.62. The molecule has 0 aliphatic carbocycles. The molecule has 24 heavy (non-hydrogen) atoms. The summed E-state index contributed by atoms with van der Waals surface area (Å²) in [5, 5.41) is 4.85. The maximum atomic E-state index is 12.4. The van der Waals surface area contributed by atoms with E-state index in [1.165, 1.54) is 5.56 Å². The van der Waals surface area contributed by atoms with E-state index in [0.29, 0.717) is 11.9 Å². The Morgan fingerprint density at radius 2 is 1.83 bits per heavy atom. The SMILES string of the molecule is O=c1c2ccccc2ncn1CCCNCCc1ccc(Cl)cc1. The highest BCUT2D eigenvalue weighted by Crippen LogP contribution is 2.09. The standard InChI is InChI=1S/C19H20ClN3O/c20-16-8-6-15(7-9-16)10-12-21-11-3-13-23-14-22-18-5-2-1-4-17(18)19(23)24/h1-2,4-9,14,21H,3,10-13H2. The number of rotatable bonds is 7. The number of para-hydroxylation sites is 1. The first-order valence-corrected chi connectivity index (χ1v) is 8.51.